The first-order valence-corrected chi connectivity index (χ1v) is 7.95. The highest BCUT2D eigenvalue weighted by Gasteiger charge is 2.11. The molecule has 0 aliphatic carbocycles. The molecule has 3 aromatic rings. The van der Waals surface area contributed by atoms with E-state index in [9.17, 15) is 4.79 Å². The standard InChI is InChI=1S/C14H7BrClIN2O/c15-8-2-1-3-10(6-8)19-13(20)11-7-9(17)4-5-12(11)18-14(19)16/h1-7H. The van der Waals surface area contributed by atoms with Crippen LogP contribution < -0.4 is 5.56 Å². The molecule has 0 aliphatic heterocycles. The van der Waals surface area contributed by atoms with Gasteiger partial charge >= 0.3 is 0 Å². The normalized spacial score (nSPS) is 10.9. The number of hydrogen-bond donors (Lipinski definition) is 0. The SMILES string of the molecule is O=c1c2cc(I)ccc2nc(Cl)n1-c1cccc(Br)c1. The molecule has 6 heteroatoms. The summed E-state index contributed by atoms with van der Waals surface area (Å²) in [5.41, 5.74) is 1.12. The van der Waals surface area contributed by atoms with E-state index >= 15 is 0 Å². The fourth-order valence-corrected chi connectivity index (χ4v) is 3.11. The molecule has 0 spiro atoms. The van der Waals surface area contributed by atoms with E-state index in [1.807, 2.05) is 36.4 Å². The van der Waals surface area contributed by atoms with Gasteiger partial charge in [0.05, 0.1) is 16.6 Å². The lowest BCUT2D eigenvalue weighted by Crippen LogP contribution is -2.20. The molecule has 0 unspecified atom stereocenters. The van der Waals surface area contributed by atoms with E-state index in [0.29, 0.717) is 16.6 Å². The topological polar surface area (TPSA) is 34.9 Å². The first kappa shape index (κ1) is 14.0. The summed E-state index contributed by atoms with van der Waals surface area (Å²) in [6, 6.07) is 12.9. The third-order valence-corrected chi connectivity index (χ3v) is 4.27. The van der Waals surface area contributed by atoms with Crippen molar-refractivity contribution in [2.75, 3.05) is 0 Å². The molecule has 2 aromatic carbocycles. The summed E-state index contributed by atoms with van der Waals surface area (Å²) in [5.74, 6) is 0. The molecule has 3 nitrogen and oxygen atoms in total. The first-order valence-electron chi connectivity index (χ1n) is 5.70. The predicted molar refractivity (Wildman–Crippen MR) is 92.8 cm³/mol. The Bertz CT molecular complexity index is 879. The van der Waals surface area contributed by atoms with Crippen LogP contribution in [0.5, 0.6) is 0 Å². The maximum Gasteiger partial charge on any atom is 0.266 e. The summed E-state index contributed by atoms with van der Waals surface area (Å²) in [6.45, 7) is 0. The number of halogens is 3. The largest absolute Gasteiger partial charge is 0.268 e. The fraction of sp³-hybridized carbons (Fsp3) is 0. The van der Waals surface area contributed by atoms with Gasteiger partial charge in [0, 0.05) is 8.04 Å². The van der Waals surface area contributed by atoms with Crippen molar-refractivity contribution in [2.45, 2.75) is 0 Å². The lowest BCUT2D eigenvalue weighted by molar-refractivity contribution is 0.963. The van der Waals surface area contributed by atoms with Crippen LogP contribution in [-0.4, -0.2) is 9.55 Å². The zero-order valence-corrected chi connectivity index (χ0v) is 14.5. The average Bonchev–Trinajstić information content (AvgIpc) is 2.40. The van der Waals surface area contributed by atoms with Crippen molar-refractivity contribution in [1.29, 1.82) is 0 Å². The molecule has 0 radical (unpaired) electrons. The number of nitrogens with zero attached hydrogens (tertiary/aromatic N) is 2. The molecule has 0 N–H and O–H groups in total. The van der Waals surface area contributed by atoms with Crippen molar-refractivity contribution >= 4 is 61.0 Å². The number of fused-ring (bicyclic) bond motifs is 1. The third-order valence-electron chi connectivity index (χ3n) is 2.86. The van der Waals surface area contributed by atoms with Gasteiger partial charge in [-0.1, -0.05) is 22.0 Å². The van der Waals surface area contributed by atoms with E-state index in [1.165, 1.54) is 4.57 Å². The van der Waals surface area contributed by atoms with Crippen molar-refractivity contribution in [3.63, 3.8) is 0 Å². The summed E-state index contributed by atoms with van der Waals surface area (Å²) in [7, 11) is 0. The molecule has 0 saturated heterocycles. The van der Waals surface area contributed by atoms with Gasteiger partial charge in [-0.2, -0.15) is 0 Å². The Hall–Kier alpha value is -0.920. The van der Waals surface area contributed by atoms with Crippen molar-refractivity contribution < 1.29 is 0 Å². The van der Waals surface area contributed by atoms with Crippen LogP contribution in [0, 0.1) is 3.57 Å². The van der Waals surface area contributed by atoms with Crippen LogP contribution >= 0.6 is 50.1 Å². The van der Waals surface area contributed by atoms with Gasteiger partial charge in [-0.05, 0) is 70.6 Å². The number of aromatic nitrogens is 2. The van der Waals surface area contributed by atoms with Gasteiger partial charge in [-0.25, -0.2) is 4.98 Å². The van der Waals surface area contributed by atoms with Crippen LogP contribution in [-0.2, 0) is 0 Å². The van der Waals surface area contributed by atoms with Gasteiger partial charge < -0.3 is 0 Å². The monoisotopic (exact) mass is 460 g/mol. The molecule has 0 saturated carbocycles. The van der Waals surface area contributed by atoms with Crippen LogP contribution in [0.25, 0.3) is 16.6 Å². The van der Waals surface area contributed by atoms with E-state index in [4.69, 9.17) is 11.6 Å². The van der Waals surface area contributed by atoms with Gasteiger partial charge in [0.2, 0.25) is 5.28 Å². The summed E-state index contributed by atoms with van der Waals surface area (Å²) in [5, 5.41) is 0.711. The first-order chi connectivity index (χ1) is 9.56. The van der Waals surface area contributed by atoms with E-state index in [0.717, 1.165) is 8.04 Å². The zero-order valence-electron chi connectivity index (χ0n) is 9.98. The molecule has 0 amide bonds. The highest BCUT2D eigenvalue weighted by atomic mass is 127. The summed E-state index contributed by atoms with van der Waals surface area (Å²) in [4.78, 5) is 16.9. The molecule has 1 aromatic heterocycles. The lowest BCUT2D eigenvalue weighted by atomic mass is 10.2. The molecule has 0 aliphatic rings. The van der Waals surface area contributed by atoms with Crippen molar-refractivity contribution in [3.05, 3.63) is 66.1 Å². The summed E-state index contributed by atoms with van der Waals surface area (Å²) >= 11 is 11.7. The van der Waals surface area contributed by atoms with Gasteiger partial charge in [-0.3, -0.25) is 9.36 Å². The summed E-state index contributed by atoms with van der Waals surface area (Å²) in [6.07, 6.45) is 0. The minimum atomic E-state index is -0.170. The maximum atomic E-state index is 12.6. The van der Waals surface area contributed by atoms with E-state index in [2.05, 4.69) is 43.5 Å². The van der Waals surface area contributed by atoms with Crippen LogP contribution in [0.2, 0.25) is 5.28 Å². The molecule has 1 heterocycles. The molecular weight excluding hydrogens is 454 g/mol. The Morgan fingerprint density at radius 1 is 1.20 bits per heavy atom. The Balaban J connectivity index is 2.39. The highest BCUT2D eigenvalue weighted by Crippen LogP contribution is 2.20. The molecule has 0 fully saturated rings. The molecular formula is C14H7BrClIN2O. The fourth-order valence-electron chi connectivity index (χ4n) is 1.97. The van der Waals surface area contributed by atoms with Gasteiger partial charge in [-0.15, -0.1) is 0 Å². The molecule has 20 heavy (non-hydrogen) atoms. The smallest absolute Gasteiger partial charge is 0.266 e. The maximum absolute atomic E-state index is 12.6. The average molecular weight is 461 g/mol. The van der Waals surface area contributed by atoms with Gasteiger partial charge in [0.1, 0.15) is 0 Å². The van der Waals surface area contributed by atoms with Gasteiger partial charge in [0.25, 0.3) is 5.56 Å². The van der Waals surface area contributed by atoms with E-state index < -0.39 is 0 Å². The Labute approximate surface area is 141 Å². The van der Waals surface area contributed by atoms with Crippen LogP contribution in [0.15, 0.2) is 51.7 Å². The molecule has 0 atom stereocenters. The van der Waals surface area contributed by atoms with Crippen molar-refractivity contribution in [3.8, 4) is 5.69 Å². The minimum Gasteiger partial charge on any atom is -0.268 e. The molecule has 0 bridgehead atoms. The Kier molecular flexibility index (Phi) is 3.83. The van der Waals surface area contributed by atoms with Crippen LogP contribution in [0.4, 0.5) is 0 Å². The zero-order chi connectivity index (χ0) is 14.3. The number of hydrogen-bond acceptors (Lipinski definition) is 2. The second-order valence-corrected chi connectivity index (χ2v) is 6.66. The Morgan fingerprint density at radius 2 is 2.00 bits per heavy atom. The highest BCUT2D eigenvalue weighted by molar-refractivity contribution is 14.1. The second kappa shape index (κ2) is 5.46. The van der Waals surface area contributed by atoms with Gasteiger partial charge in [0.15, 0.2) is 0 Å². The van der Waals surface area contributed by atoms with Crippen molar-refractivity contribution in [2.24, 2.45) is 0 Å². The third kappa shape index (κ3) is 2.49. The van der Waals surface area contributed by atoms with E-state index in [1.54, 1.807) is 6.07 Å². The van der Waals surface area contributed by atoms with E-state index in [-0.39, 0.29) is 10.8 Å². The van der Waals surface area contributed by atoms with Crippen molar-refractivity contribution in [1.82, 2.24) is 9.55 Å². The predicted octanol–water partition coefficient (Wildman–Crippen LogP) is 4.41. The number of rotatable bonds is 1. The lowest BCUT2D eigenvalue weighted by Gasteiger charge is -2.09. The number of benzene rings is 2. The second-order valence-electron chi connectivity index (χ2n) is 4.16. The molecule has 100 valence electrons. The minimum absolute atomic E-state index is 0.154. The Morgan fingerprint density at radius 3 is 2.75 bits per heavy atom. The molecule has 3 rings (SSSR count). The van der Waals surface area contributed by atoms with Crippen LogP contribution in [0.1, 0.15) is 0 Å². The van der Waals surface area contributed by atoms with Crippen LogP contribution in [0.3, 0.4) is 0 Å². The summed E-state index contributed by atoms with van der Waals surface area (Å²) < 4.78 is 3.27. The quantitative estimate of drug-likeness (QED) is 0.398.